The molecule has 2 heterocycles. The lowest BCUT2D eigenvalue weighted by Crippen LogP contribution is -1.87. The molecule has 0 amide bonds. The molecule has 3 nitrogen and oxygen atoms in total. The van der Waals surface area contributed by atoms with E-state index < -0.39 is 0 Å². The van der Waals surface area contributed by atoms with Crippen LogP contribution in [0.3, 0.4) is 0 Å². The molecule has 4 heteroatoms. The van der Waals surface area contributed by atoms with E-state index in [0.29, 0.717) is 11.6 Å². The molecule has 0 bridgehead atoms. The van der Waals surface area contributed by atoms with Gasteiger partial charge in [-0.25, -0.2) is 4.98 Å². The predicted octanol–water partition coefficient (Wildman–Crippen LogP) is 3.11. The van der Waals surface area contributed by atoms with E-state index in [0.717, 1.165) is 15.6 Å². The van der Waals surface area contributed by atoms with Gasteiger partial charge in [-0.3, -0.25) is 0 Å². The second-order valence-electron chi connectivity index (χ2n) is 3.23. The second-order valence-corrected chi connectivity index (χ2v) is 4.14. The van der Waals surface area contributed by atoms with E-state index in [1.165, 1.54) is 0 Å². The number of hydrogen-bond acceptors (Lipinski definition) is 3. The minimum atomic E-state index is 0.359. The van der Waals surface area contributed by atoms with Gasteiger partial charge in [0.15, 0.2) is 0 Å². The molecule has 0 atom stereocenters. The van der Waals surface area contributed by atoms with Crippen LogP contribution in [0.5, 0.6) is 0 Å². The number of pyridine rings is 1. The maximum atomic E-state index is 5.08. The van der Waals surface area contributed by atoms with Crippen molar-refractivity contribution in [3.63, 3.8) is 0 Å². The number of halogens is 1. The average molecular weight is 241 g/mol. The third-order valence-electron chi connectivity index (χ3n) is 1.87. The summed E-state index contributed by atoms with van der Waals surface area (Å²) in [6, 6.07) is 1.98. The Bertz CT molecular complexity index is 436. The molecule has 0 aromatic carbocycles. The molecule has 0 saturated carbocycles. The summed E-state index contributed by atoms with van der Waals surface area (Å²) in [6.45, 7) is 4.16. The topological polar surface area (TPSA) is 38.9 Å². The van der Waals surface area contributed by atoms with E-state index in [-0.39, 0.29) is 0 Å². The first-order chi connectivity index (χ1) is 6.18. The van der Waals surface area contributed by atoms with Crippen LogP contribution in [0.15, 0.2) is 21.3 Å². The van der Waals surface area contributed by atoms with Crippen molar-refractivity contribution in [3.05, 3.63) is 22.4 Å². The van der Waals surface area contributed by atoms with Crippen LogP contribution < -0.4 is 0 Å². The van der Waals surface area contributed by atoms with Gasteiger partial charge >= 0.3 is 0 Å². The van der Waals surface area contributed by atoms with Gasteiger partial charge in [-0.15, -0.1) is 0 Å². The van der Waals surface area contributed by atoms with E-state index in [2.05, 4.69) is 39.9 Å². The van der Waals surface area contributed by atoms with Crippen LogP contribution in [-0.2, 0) is 0 Å². The minimum Gasteiger partial charge on any atom is -0.336 e. The summed E-state index contributed by atoms with van der Waals surface area (Å²) in [5.41, 5.74) is 1.57. The summed E-state index contributed by atoms with van der Waals surface area (Å²) in [4.78, 5) is 4.11. The van der Waals surface area contributed by atoms with Crippen molar-refractivity contribution >= 4 is 27.0 Å². The molecular formula is C9H9BrN2O. The van der Waals surface area contributed by atoms with Crippen LogP contribution in [-0.4, -0.2) is 10.1 Å². The van der Waals surface area contributed by atoms with E-state index >= 15 is 0 Å². The number of rotatable bonds is 1. The standard InChI is InChI=1S/C9H9BrN2O/c1-5(2)8-7-3-6(10)4-11-9(7)13-12-8/h3-5H,1-2H3. The molecule has 0 aliphatic rings. The Morgan fingerprint density at radius 2 is 2.23 bits per heavy atom. The molecule has 0 aliphatic carbocycles. The Kier molecular flexibility index (Phi) is 2.07. The molecule has 2 aromatic heterocycles. The largest absolute Gasteiger partial charge is 0.336 e. The number of hydrogen-bond donors (Lipinski definition) is 0. The summed E-state index contributed by atoms with van der Waals surface area (Å²) >= 11 is 3.37. The summed E-state index contributed by atoms with van der Waals surface area (Å²) in [6.07, 6.45) is 1.71. The summed E-state index contributed by atoms with van der Waals surface area (Å²) in [7, 11) is 0. The third kappa shape index (κ3) is 1.46. The zero-order chi connectivity index (χ0) is 9.42. The molecule has 0 fully saturated rings. The van der Waals surface area contributed by atoms with Crippen molar-refractivity contribution in [2.75, 3.05) is 0 Å². The van der Waals surface area contributed by atoms with Crippen LogP contribution in [0.25, 0.3) is 11.1 Å². The lowest BCUT2D eigenvalue weighted by atomic mass is 10.1. The lowest BCUT2D eigenvalue weighted by molar-refractivity contribution is 0.434. The van der Waals surface area contributed by atoms with Crippen molar-refractivity contribution in [2.45, 2.75) is 19.8 Å². The Hall–Kier alpha value is -0.900. The second kappa shape index (κ2) is 3.10. The Morgan fingerprint density at radius 3 is 2.92 bits per heavy atom. The van der Waals surface area contributed by atoms with E-state index in [1.807, 2.05) is 6.07 Å². The van der Waals surface area contributed by atoms with Gasteiger partial charge in [-0.2, -0.15) is 0 Å². The number of nitrogens with zero attached hydrogens (tertiary/aromatic N) is 2. The fraction of sp³-hybridized carbons (Fsp3) is 0.333. The fourth-order valence-corrected chi connectivity index (χ4v) is 1.57. The zero-order valence-corrected chi connectivity index (χ0v) is 9.00. The maximum absolute atomic E-state index is 5.08. The summed E-state index contributed by atoms with van der Waals surface area (Å²) in [5.74, 6) is 0.359. The third-order valence-corrected chi connectivity index (χ3v) is 2.30. The quantitative estimate of drug-likeness (QED) is 0.769. The first kappa shape index (κ1) is 8.69. The SMILES string of the molecule is CC(C)c1noc2ncc(Br)cc12. The first-order valence-electron chi connectivity index (χ1n) is 4.09. The lowest BCUT2D eigenvalue weighted by Gasteiger charge is -1.97. The van der Waals surface area contributed by atoms with Gasteiger partial charge in [0.25, 0.3) is 5.71 Å². The molecule has 2 aromatic rings. The summed E-state index contributed by atoms with van der Waals surface area (Å²) in [5, 5.41) is 4.97. The van der Waals surface area contributed by atoms with E-state index in [1.54, 1.807) is 6.20 Å². The molecular weight excluding hydrogens is 232 g/mol. The van der Waals surface area contributed by atoms with Crippen molar-refractivity contribution in [1.82, 2.24) is 10.1 Å². The highest BCUT2D eigenvalue weighted by Gasteiger charge is 2.12. The highest BCUT2D eigenvalue weighted by atomic mass is 79.9. The van der Waals surface area contributed by atoms with Crippen molar-refractivity contribution in [1.29, 1.82) is 0 Å². The molecule has 0 radical (unpaired) electrons. The molecule has 2 rings (SSSR count). The van der Waals surface area contributed by atoms with Crippen LogP contribution >= 0.6 is 15.9 Å². The van der Waals surface area contributed by atoms with Crippen LogP contribution in [0, 0.1) is 0 Å². The monoisotopic (exact) mass is 240 g/mol. The number of aromatic nitrogens is 2. The van der Waals surface area contributed by atoms with E-state index in [9.17, 15) is 0 Å². The molecule has 0 aliphatic heterocycles. The van der Waals surface area contributed by atoms with E-state index in [4.69, 9.17) is 4.52 Å². The molecule has 0 spiro atoms. The van der Waals surface area contributed by atoms with Gasteiger partial charge in [0.2, 0.25) is 0 Å². The molecule has 0 unspecified atom stereocenters. The smallest absolute Gasteiger partial charge is 0.258 e. The average Bonchev–Trinajstić information content (AvgIpc) is 2.46. The Balaban J connectivity index is 2.71. The van der Waals surface area contributed by atoms with Gasteiger partial charge in [0.1, 0.15) is 0 Å². The van der Waals surface area contributed by atoms with Crippen molar-refractivity contribution in [3.8, 4) is 0 Å². The van der Waals surface area contributed by atoms with Crippen molar-refractivity contribution in [2.24, 2.45) is 0 Å². The van der Waals surface area contributed by atoms with Crippen LogP contribution in [0.1, 0.15) is 25.5 Å². The summed E-state index contributed by atoms with van der Waals surface area (Å²) < 4.78 is 6.03. The Morgan fingerprint density at radius 1 is 1.46 bits per heavy atom. The molecule has 68 valence electrons. The minimum absolute atomic E-state index is 0.359. The maximum Gasteiger partial charge on any atom is 0.258 e. The molecule has 0 saturated heterocycles. The fourth-order valence-electron chi connectivity index (χ4n) is 1.24. The van der Waals surface area contributed by atoms with Gasteiger partial charge in [-0.05, 0) is 27.9 Å². The first-order valence-corrected chi connectivity index (χ1v) is 4.88. The predicted molar refractivity (Wildman–Crippen MR) is 53.6 cm³/mol. The van der Waals surface area contributed by atoms with Gasteiger partial charge in [0, 0.05) is 10.7 Å². The molecule has 13 heavy (non-hydrogen) atoms. The zero-order valence-electron chi connectivity index (χ0n) is 7.41. The van der Waals surface area contributed by atoms with Gasteiger partial charge in [-0.1, -0.05) is 19.0 Å². The van der Waals surface area contributed by atoms with Crippen LogP contribution in [0.2, 0.25) is 0 Å². The van der Waals surface area contributed by atoms with Gasteiger partial charge < -0.3 is 4.52 Å². The van der Waals surface area contributed by atoms with Crippen LogP contribution in [0.4, 0.5) is 0 Å². The van der Waals surface area contributed by atoms with Gasteiger partial charge in [0.05, 0.1) is 11.1 Å². The highest BCUT2D eigenvalue weighted by molar-refractivity contribution is 9.10. The Labute approximate surface area is 84.3 Å². The normalized spacial score (nSPS) is 11.4. The van der Waals surface area contributed by atoms with Crippen molar-refractivity contribution < 1.29 is 4.52 Å². The number of fused-ring (bicyclic) bond motifs is 1. The highest BCUT2D eigenvalue weighted by Crippen LogP contribution is 2.25. The molecule has 0 N–H and O–H groups in total.